The largest absolute Gasteiger partial charge is 0.411 e. The molecule has 4 heteroatoms. The molecule has 1 amide bonds. The number of nitrogens with two attached hydrogens (primary N) is 1. The third-order valence-corrected chi connectivity index (χ3v) is 1.35. The molecular formula is C8H10N2O2. The van der Waals surface area contributed by atoms with Gasteiger partial charge in [0.15, 0.2) is 0 Å². The highest BCUT2D eigenvalue weighted by molar-refractivity contribution is 5.67. The van der Waals surface area contributed by atoms with E-state index in [1.165, 1.54) is 0 Å². The zero-order chi connectivity index (χ0) is 8.97. The first kappa shape index (κ1) is 8.52. The summed E-state index contributed by atoms with van der Waals surface area (Å²) in [5.74, 6) is 0.252. The Hall–Kier alpha value is -1.58. The lowest BCUT2D eigenvalue weighted by atomic mass is 10.3. The standard InChI is InChI=1S/C8H10N2O2/c1-2-6-4-3-5-7(10-6)12-8(9)11/h3-5H,2H2,1H3,(H2,9,11). The van der Waals surface area contributed by atoms with Gasteiger partial charge in [-0.2, -0.15) is 0 Å². The summed E-state index contributed by atoms with van der Waals surface area (Å²) in [5, 5.41) is 0. The van der Waals surface area contributed by atoms with E-state index in [1.54, 1.807) is 12.1 Å². The molecule has 1 aromatic heterocycles. The fourth-order valence-corrected chi connectivity index (χ4v) is 0.814. The van der Waals surface area contributed by atoms with E-state index in [9.17, 15) is 4.79 Å². The minimum absolute atomic E-state index is 0.252. The van der Waals surface area contributed by atoms with Gasteiger partial charge in [-0.1, -0.05) is 13.0 Å². The number of primary amides is 1. The molecule has 64 valence electrons. The molecule has 2 N–H and O–H groups in total. The maximum Gasteiger partial charge on any atom is 0.411 e. The van der Waals surface area contributed by atoms with Gasteiger partial charge in [-0.25, -0.2) is 9.78 Å². The number of carbonyl (C=O) groups excluding carboxylic acids is 1. The molecule has 0 fully saturated rings. The van der Waals surface area contributed by atoms with Crippen LogP contribution in [0.2, 0.25) is 0 Å². The van der Waals surface area contributed by atoms with Gasteiger partial charge in [-0.15, -0.1) is 0 Å². The van der Waals surface area contributed by atoms with Crippen LogP contribution >= 0.6 is 0 Å². The van der Waals surface area contributed by atoms with Crippen LogP contribution in [-0.4, -0.2) is 11.1 Å². The normalized spacial score (nSPS) is 9.42. The van der Waals surface area contributed by atoms with E-state index in [0.29, 0.717) is 0 Å². The van der Waals surface area contributed by atoms with Crippen molar-refractivity contribution in [2.24, 2.45) is 5.73 Å². The predicted molar refractivity (Wildman–Crippen MR) is 43.8 cm³/mol. The van der Waals surface area contributed by atoms with Gasteiger partial charge in [0.2, 0.25) is 5.88 Å². The first-order chi connectivity index (χ1) is 5.72. The topological polar surface area (TPSA) is 65.2 Å². The predicted octanol–water partition coefficient (Wildman–Crippen LogP) is 1.10. The van der Waals surface area contributed by atoms with Gasteiger partial charge in [0.05, 0.1) is 0 Å². The summed E-state index contributed by atoms with van der Waals surface area (Å²) in [6, 6.07) is 5.21. The number of carbonyl (C=O) groups is 1. The second-order valence-corrected chi connectivity index (χ2v) is 2.24. The molecule has 0 radical (unpaired) electrons. The van der Waals surface area contributed by atoms with E-state index in [4.69, 9.17) is 5.73 Å². The lowest BCUT2D eigenvalue weighted by Gasteiger charge is -2.00. The number of aryl methyl sites for hydroxylation is 1. The van der Waals surface area contributed by atoms with Crippen molar-refractivity contribution in [3.63, 3.8) is 0 Å². The molecule has 1 rings (SSSR count). The average Bonchev–Trinajstić information content (AvgIpc) is 2.03. The number of nitrogens with zero attached hydrogens (tertiary/aromatic N) is 1. The Bertz CT molecular complexity index is 286. The van der Waals surface area contributed by atoms with E-state index < -0.39 is 6.09 Å². The molecule has 0 aliphatic heterocycles. The van der Waals surface area contributed by atoms with Gasteiger partial charge in [-0.3, -0.25) is 0 Å². The minimum atomic E-state index is -0.837. The van der Waals surface area contributed by atoms with E-state index in [-0.39, 0.29) is 5.88 Å². The van der Waals surface area contributed by atoms with Crippen LogP contribution in [0.3, 0.4) is 0 Å². The van der Waals surface area contributed by atoms with Crippen LogP contribution in [0.5, 0.6) is 5.88 Å². The van der Waals surface area contributed by atoms with E-state index in [2.05, 4.69) is 9.72 Å². The monoisotopic (exact) mass is 166 g/mol. The second-order valence-electron chi connectivity index (χ2n) is 2.24. The summed E-state index contributed by atoms with van der Waals surface area (Å²) in [6.07, 6.45) is -0.0357. The molecule has 4 nitrogen and oxygen atoms in total. The van der Waals surface area contributed by atoms with Crippen LogP contribution < -0.4 is 10.5 Å². The third-order valence-electron chi connectivity index (χ3n) is 1.35. The van der Waals surface area contributed by atoms with Crippen LogP contribution in [0.4, 0.5) is 4.79 Å². The Morgan fingerprint density at radius 1 is 1.67 bits per heavy atom. The van der Waals surface area contributed by atoms with Crippen molar-refractivity contribution in [3.8, 4) is 5.88 Å². The highest BCUT2D eigenvalue weighted by Crippen LogP contribution is 2.07. The summed E-state index contributed by atoms with van der Waals surface area (Å²) < 4.78 is 4.58. The Labute approximate surface area is 70.4 Å². The number of pyridine rings is 1. The van der Waals surface area contributed by atoms with Crippen LogP contribution in [-0.2, 0) is 6.42 Å². The molecule has 0 spiro atoms. The molecule has 0 saturated heterocycles. The molecule has 0 aliphatic rings. The first-order valence-corrected chi connectivity index (χ1v) is 3.65. The van der Waals surface area contributed by atoms with E-state index >= 15 is 0 Å². The van der Waals surface area contributed by atoms with Crippen LogP contribution in [0.15, 0.2) is 18.2 Å². The molecule has 0 saturated carbocycles. The lowest BCUT2D eigenvalue weighted by Crippen LogP contribution is -2.17. The van der Waals surface area contributed by atoms with Gasteiger partial charge in [0.25, 0.3) is 0 Å². The number of rotatable bonds is 2. The fraction of sp³-hybridized carbons (Fsp3) is 0.250. The molecule has 0 aliphatic carbocycles. The summed E-state index contributed by atoms with van der Waals surface area (Å²) in [6.45, 7) is 1.97. The highest BCUT2D eigenvalue weighted by atomic mass is 16.6. The molecule has 1 heterocycles. The van der Waals surface area contributed by atoms with Gasteiger partial charge in [-0.05, 0) is 12.5 Å². The van der Waals surface area contributed by atoms with Crippen molar-refractivity contribution in [1.29, 1.82) is 0 Å². The van der Waals surface area contributed by atoms with Crippen LogP contribution in [0.25, 0.3) is 0 Å². The summed E-state index contributed by atoms with van der Waals surface area (Å²) >= 11 is 0. The van der Waals surface area contributed by atoms with E-state index in [1.807, 2.05) is 13.0 Å². The molecule has 0 atom stereocenters. The molecule has 12 heavy (non-hydrogen) atoms. The Morgan fingerprint density at radius 2 is 2.42 bits per heavy atom. The molecule has 0 unspecified atom stereocenters. The van der Waals surface area contributed by atoms with Crippen molar-refractivity contribution in [3.05, 3.63) is 23.9 Å². The first-order valence-electron chi connectivity index (χ1n) is 3.65. The smallest absolute Gasteiger partial charge is 0.391 e. The maximum atomic E-state index is 10.3. The van der Waals surface area contributed by atoms with E-state index in [0.717, 1.165) is 12.1 Å². The van der Waals surface area contributed by atoms with Gasteiger partial charge < -0.3 is 10.5 Å². The number of ether oxygens (including phenoxy) is 1. The Balaban J connectivity index is 2.79. The quantitative estimate of drug-likeness (QED) is 0.715. The van der Waals surface area contributed by atoms with Crippen LogP contribution in [0.1, 0.15) is 12.6 Å². The van der Waals surface area contributed by atoms with Crippen molar-refractivity contribution in [2.75, 3.05) is 0 Å². The number of aromatic nitrogens is 1. The molecule has 1 aromatic rings. The number of hydrogen-bond acceptors (Lipinski definition) is 3. The lowest BCUT2D eigenvalue weighted by molar-refractivity contribution is 0.209. The number of hydrogen-bond donors (Lipinski definition) is 1. The highest BCUT2D eigenvalue weighted by Gasteiger charge is 1.99. The zero-order valence-electron chi connectivity index (χ0n) is 6.78. The van der Waals surface area contributed by atoms with Crippen LogP contribution in [0, 0.1) is 0 Å². The molecular weight excluding hydrogens is 156 g/mol. The van der Waals surface area contributed by atoms with Gasteiger partial charge in [0, 0.05) is 11.8 Å². The summed E-state index contributed by atoms with van der Waals surface area (Å²) in [7, 11) is 0. The summed E-state index contributed by atoms with van der Waals surface area (Å²) in [4.78, 5) is 14.3. The van der Waals surface area contributed by atoms with Crippen molar-refractivity contribution < 1.29 is 9.53 Å². The summed E-state index contributed by atoms with van der Waals surface area (Å²) in [5.41, 5.74) is 5.68. The fourth-order valence-electron chi connectivity index (χ4n) is 0.814. The number of amides is 1. The Morgan fingerprint density at radius 3 is 3.00 bits per heavy atom. The second kappa shape index (κ2) is 3.71. The van der Waals surface area contributed by atoms with Gasteiger partial charge in [0.1, 0.15) is 0 Å². The SMILES string of the molecule is CCc1cccc(OC(N)=O)n1. The Kier molecular flexibility index (Phi) is 2.63. The maximum absolute atomic E-state index is 10.3. The van der Waals surface area contributed by atoms with Crippen molar-refractivity contribution >= 4 is 6.09 Å². The average molecular weight is 166 g/mol. The minimum Gasteiger partial charge on any atom is -0.391 e. The zero-order valence-corrected chi connectivity index (χ0v) is 6.78. The molecule has 0 bridgehead atoms. The van der Waals surface area contributed by atoms with Crippen molar-refractivity contribution in [1.82, 2.24) is 4.98 Å². The van der Waals surface area contributed by atoms with Gasteiger partial charge >= 0.3 is 6.09 Å². The van der Waals surface area contributed by atoms with Crippen molar-refractivity contribution in [2.45, 2.75) is 13.3 Å². The third kappa shape index (κ3) is 2.23. The molecule has 0 aromatic carbocycles.